The molecule has 0 atom stereocenters. The molecule has 0 aliphatic rings. The van der Waals surface area contributed by atoms with Crippen molar-refractivity contribution >= 4 is 43.9 Å². The SMILES string of the molecule is COc1ccc2[nH]c(C)c(CCNS(=O)(=O)c3ccc(Cl)s3)c2c1. The highest BCUT2D eigenvalue weighted by atomic mass is 35.5. The predicted molar refractivity (Wildman–Crippen MR) is 97.8 cm³/mol. The maximum absolute atomic E-state index is 12.2. The Morgan fingerprint density at radius 2 is 2.08 bits per heavy atom. The first kappa shape index (κ1) is 17.3. The normalized spacial score (nSPS) is 12.0. The van der Waals surface area contributed by atoms with E-state index in [9.17, 15) is 8.42 Å². The van der Waals surface area contributed by atoms with Gasteiger partial charge in [0, 0.05) is 23.1 Å². The highest BCUT2D eigenvalue weighted by Gasteiger charge is 2.17. The number of H-pyrrole nitrogens is 1. The molecule has 0 aliphatic heterocycles. The molecule has 0 bridgehead atoms. The Morgan fingerprint density at radius 1 is 1.29 bits per heavy atom. The Labute approximate surface area is 149 Å². The number of nitrogens with one attached hydrogen (secondary N) is 2. The summed E-state index contributed by atoms with van der Waals surface area (Å²) in [4.78, 5) is 3.31. The average molecular weight is 385 g/mol. The number of thiophene rings is 1. The highest BCUT2D eigenvalue weighted by molar-refractivity contribution is 7.91. The molecule has 0 aliphatic carbocycles. The predicted octanol–water partition coefficient (Wildman–Crippen LogP) is 3.72. The molecule has 0 saturated heterocycles. The van der Waals surface area contributed by atoms with Crippen molar-refractivity contribution in [1.82, 2.24) is 9.71 Å². The number of methoxy groups -OCH3 is 1. The number of ether oxygens (including phenoxy) is 1. The maximum Gasteiger partial charge on any atom is 0.250 e. The molecule has 0 fully saturated rings. The maximum atomic E-state index is 12.2. The Bertz CT molecular complexity index is 977. The zero-order chi connectivity index (χ0) is 17.3. The molecule has 0 saturated carbocycles. The molecule has 128 valence electrons. The van der Waals surface area contributed by atoms with E-state index in [1.807, 2.05) is 25.1 Å². The van der Waals surface area contributed by atoms with E-state index in [0.29, 0.717) is 17.3 Å². The van der Waals surface area contributed by atoms with Crippen molar-refractivity contribution in [3.05, 3.63) is 45.9 Å². The lowest BCUT2D eigenvalue weighted by Crippen LogP contribution is -2.25. The molecule has 0 unspecified atom stereocenters. The lowest BCUT2D eigenvalue weighted by atomic mass is 10.1. The summed E-state index contributed by atoms with van der Waals surface area (Å²) in [5.41, 5.74) is 3.11. The monoisotopic (exact) mass is 384 g/mol. The van der Waals surface area contributed by atoms with Crippen molar-refractivity contribution < 1.29 is 13.2 Å². The number of aromatic nitrogens is 1. The summed E-state index contributed by atoms with van der Waals surface area (Å²) in [6.07, 6.45) is 0.581. The van der Waals surface area contributed by atoms with E-state index in [-0.39, 0.29) is 4.21 Å². The summed E-state index contributed by atoms with van der Waals surface area (Å²) in [5.74, 6) is 0.775. The van der Waals surface area contributed by atoms with Crippen LogP contribution in [0, 0.1) is 6.92 Å². The summed E-state index contributed by atoms with van der Waals surface area (Å²) in [5, 5.41) is 1.05. The molecule has 8 heteroatoms. The second-order valence-electron chi connectivity index (χ2n) is 5.35. The van der Waals surface area contributed by atoms with Gasteiger partial charge in [-0.15, -0.1) is 11.3 Å². The molecule has 2 aromatic heterocycles. The van der Waals surface area contributed by atoms with Crippen LogP contribution in [0.4, 0.5) is 0 Å². The number of aromatic amines is 1. The molecule has 0 radical (unpaired) electrons. The van der Waals surface area contributed by atoms with E-state index in [0.717, 1.165) is 39.2 Å². The van der Waals surface area contributed by atoms with E-state index >= 15 is 0 Å². The number of benzene rings is 1. The largest absolute Gasteiger partial charge is 0.497 e. The van der Waals surface area contributed by atoms with Crippen LogP contribution in [0.25, 0.3) is 10.9 Å². The summed E-state index contributed by atoms with van der Waals surface area (Å²) in [6.45, 7) is 2.29. The summed E-state index contributed by atoms with van der Waals surface area (Å²) in [6, 6.07) is 8.91. The van der Waals surface area contributed by atoms with Gasteiger partial charge in [-0.2, -0.15) is 0 Å². The van der Waals surface area contributed by atoms with Gasteiger partial charge in [0.2, 0.25) is 10.0 Å². The van der Waals surface area contributed by atoms with E-state index in [2.05, 4.69) is 9.71 Å². The van der Waals surface area contributed by atoms with Crippen molar-refractivity contribution in [2.24, 2.45) is 0 Å². The third-order valence-corrected chi connectivity index (χ3v) is 6.99. The fourth-order valence-electron chi connectivity index (χ4n) is 2.63. The molecule has 0 amide bonds. The first-order valence-corrected chi connectivity index (χ1v) is 9.98. The van der Waals surface area contributed by atoms with Gasteiger partial charge in [-0.1, -0.05) is 11.6 Å². The van der Waals surface area contributed by atoms with Crippen molar-refractivity contribution in [2.45, 2.75) is 17.6 Å². The van der Waals surface area contributed by atoms with E-state index in [1.54, 1.807) is 13.2 Å². The van der Waals surface area contributed by atoms with Gasteiger partial charge in [0.1, 0.15) is 9.96 Å². The highest BCUT2D eigenvalue weighted by Crippen LogP contribution is 2.27. The number of hydrogen-bond donors (Lipinski definition) is 2. The molecule has 2 N–H and O–H groups in total. The molecule has 0 spiro atoms. The first-order chi connectivity index (χ1) is 11.4. The minimum Gasteiger partial charge on any atom is -0.497 e. The minimum atomic E-state index is -3.52. The lowest BCUT2D eigenvalue weighted by molar-refractivity contribution is 0.415. The van der Waals surface area contributed by atoms with Gasteiger partial charge >= 0.3 is 0 Å². The Morgan fingerprint density at radius 3 is 2.75 bits per heavy atom. The van der Waals surface area contributed by atoms with Gasteiger partial charge in [-0.25, -0.2) is 13.1 Å². The van der Waals surface area contributed by atoms with Crippen LogP contribution in [-0.4, -0.2) is 27.1 Å². The third kappa shape index (κ3) is 3.44. The van der Waals surface area contributed by atoms with Crippen LogP contribution in [0.2, 0.25) is 4.34 Å². The van der Waals surface area contributed by atoms with E-state index in [1.165, 1.54) is 6.07 Å². The fraction of sp³-hybridized carbons (Fsp3) is 0.250. The van der Waals surface area contributed by atoms with Crippen molar-refractivity contribution in [1.29, 1.82) is 0 Å². The molecule has 1 aromatic carbocycles. The first-order valence-electron chi connectivity index (χ1n) is 7.31. The van der Waals surface area contributed by atoms with Crippen molar-refractivity contribution in [3.8, 4) is 5.75 Å². The number of rotatable bonds is 6. The second-order valence-corrected chi connectivity index (χ2v) is 9.06. The Kier molecular flexibility index (Phi) is 4.87. The van der Waals surface area contributed by atoms with Gasteiger partial charge in [0.25, 0.3) is 0 Å². The fourth-order valence-corrected chi connectivity index (χ4v) is 5.19. The van der Waals surface area contributed by atoms with Gasteiger partial charge < -0.3 is 9.72 Å². The van der Waals surface area contributed by atoms with Crippen LogP contribution in [0.15, 0.2) is 34.5 Å². The third-order valence-electron chi connectivity index (χ3n) is 3.81. The van der Waals surface area contributed by atoms with Gasteiger partial charge in [-0.05, 0) is 49.2 Å². The number of aryl methyl sites for hydroxylation is 1. The smallest absolute Gasteiger partial charge is 0.250 e. The number of halogens is 1. The van der Waals surface area contributed by atoms with Gasteiger partial charge in [0.15, 0.2) is 0 Å². The van der Waals surface area contributed by atoms with Crippen LogP contribution in [-0.2, 0) is 16.4 Å². The second kappa shape index (κ2) is 6.76. The molecule has 3 aromatic rings. The van der Waals surface area contributed by atoms with Gasteiger partial charge in [-0.3, -0.25) is 0 Å². The number of sulfonamides is 1. The Balaban J connectivity index is 1.77. The van der Waals surface area contributed by atoms with Crippen LogP contribution in [0.1, 0.15) is 11.3 Å². The molecule has 5 nitrogen and oxygen atoms in total. The van der Waals surface area contributed by atoms with Gasteiger partial charge in [0.05, 0.1) is 11.4 Å². The van der Waals surface area contributed by atoms with Crippen LogP contribution >= 0.6 is 22.9 Å². The molecule has 24 heavy (non-hydrogen) atoms. The number of fused-ring (bicyclic) bond motifs is 1. The zero-order valence-corrected chi connectivity index (χ0v) is 15.6. The number of hydrogen-bond acceptors (Lipinski definition) is 4. The molecular weight excluding hydrogens is 368 g/mol. The van der Waals surface area contributed by atoms with Crippen LogP contribution in [0.3, 0.4) is 0 Å². The summed E-state index contributed by atoms with van der Waals surface area (Å²) in [7, 11) is -1.90. The summed E-state index contributed by atoms with van der Waals surface area (Å²) < 4.78 is 33.0. The summed E-state index contributed by atoms with van der Waals surface area (Å²) >= 11 is 6.85. The quantitative estimate of drug-likeness (QED) is 0.680. The Hall–Kier alpha value is -1.54. The van der Waals surface area contributed by atoms with Crippen molar-refractivity contribution in [2.75, 3.05) is 13.7 Å². The van der Waals surface area contributed by atoms with E-state index in [4.69, 9.17) is 16.3 Å². The molecule has 2 heterocycles. The molecule has 3 rings (SSSR count). The lowest BCUT2D eigenvalue weighted by Gasteiger charge is -2.06. The average Bonchev–Trinajstić information content (AvgIpc) is 3.11. The standard InChI is InChI=1S/C16H17ClN2O3S2/c1-10-12(13-9-11(22-2)3-4-14(13)19-10)7-8-18-24(20,21)16-6-5-15(17)23-16/h3-6,9,18-19H,7-8H2,1-2H3. The molecular formula is C16H17ClN2O3S2. The topological polar surface area (TPSA) is 71.2 Å². The van der Waals surface area contributed by atoms with E-state index < -0.39 is 10.0 Å². The minimum absolute atomic E-state index is 0.227. The van der Waals surface area contributed by atoms with Crippen molar-refractivity contribution in [3.63, 3.8) is 0 Å². The zero-order valence-electron chi connectivity index (χ0n) is 13.2. The van der Waals surface area contributed by atoms with Crippen LogP contribution in [0.5, 0.6) is 5.75 Å². The van der Waals surface area contributed by atoms with Crippen LogP contribution < -0.4 is 9.46 Å².